The molecule has 1 unspecified atom stereocenters. The number of carbonyl (C=O) groups excluding carboxylic acids is 1. The van der Waals surface area contributed by atoms with Gasteiger partial charge in [0.05, 0.1) is 0 Å². The van der Waals surface area contributed by atoms with E-state index in [1.165, 1.54) is 23.6 Å². The van der Waals surface area contributed by atoms with Gasteiger partial charge in [0.2, 0.25) is 5.91 Å². The Balaban J connectivity index is 1.80. The molecule has 3 heteroatoms. The van der Waals surface area contributed by atoms with Crippen molar-refractivity contribution in [2.75, 3.05) is 13.1 Å². The average Bonchev–Trinajstić information content (AvgIpc) is 2.54. The normalized spacial score (nSPS) is 18.0. The third-order valence-corrected chi connectivity index (χ3v) is 4.56. The molecule has 22 heavy (non-hydrogen) atoms. The van der Waals surface area contributed by atoms with Crippen LogP contribution in [0.4, 0.5) is 0 Å². The number of hydrogen-bond donors (Lipinski definition) is 1. The van der Waals surface area contributed by atoms with E-state index in [-0.39, 0.29) is 11.9 Å². The maximum Gasteiger partial charge on any atom is 0.222 e. The molecule has 1 aliphatic rings. The highest BCUT2D eigenvalue weighted by Crippen LogP contribution is 2.24. The minimum absolute atomic E-state index is 0.130. The molecule has 1 fully saturated rings. The lowest BCUT2D eigenvalue weighted by atomic mass is 9.98. The molecule has 1 heterocycles. The van der Waals surface area contributed by atoms with Gasteiger partial charge in [0, 0.05) is 25.6 Å². The highest BCUT2D eigenvalue weighted by atomic mass is 16.2. The fraction of sp³-hybridized carbons (Fsp3) is 0.421. The summed E-state index contributed by atoms with van der Waals surface area (Å²) < 4.78 is 0. The molecule has 1 atom stereocenters. The van der Waals surface area contributed by atoms with Crippen LogP contribution in [0.3, 0.4) is 0 Å². The van der Waals surface area contributed by atoms with E-state index in [4.69, 9.17) is 5.73 Å². The van der Waals surface area contributed by atoms with Gasteiger partial charge in [0.25, 0.3) is 0 Å². The summed E-state index contributed by atoms with van der Waals surface area (Å²) in [5.41, 5.74) is 7.58. The van der Waals surface area contributed by atoms with Crippen LogP contribution in [0, 0.1) is 0 Å². The van der Waals surface area contributed by atoms with Crippen molar-refractivity contribution in [2.45, 2.75) is 38.1 Å². The number of likely N-dealkylation sites (tertiary alicyclic amines) is 1. The molecule has 0 saturated carbocycles. The first-order valence-electron chi connectivity index (χ1n) is 8.27. The third-order valence-electron chi connectivity index (χ3n) is 4.56. The molecular formula is C19H24N2O. The van der Waals surface area contributed by atoms with E-state index in [2.05, 4.69) is 24.3 Å². The number of rotatable bonds is 3. The summed E-state index contributed by atoms with van der Waals surface area (Å²) in [6.07, 6.45) is 5.16. The Bertz CT molecular complexity index is 647. The predicted octanol–water partition coefficient (Wildman–Crippen LogP) is 3.63. The largest absolute Gasteiger partial charge is 0.341 e. The van der Waals surface area contributed by atoms with Crippen LogP contribution in [0.2, 0.25) is 0 Å². The Morgan fingerprint density at radius 1 is 1.00 bits per heavy atom. The number of benzene rings is 2. The molecular weight excluding hydrogens is 272 g/mol. The van der Waals surface area contributed by atoms with Crippen molar-refractivity contribution >= 4 is 16.7 Å². The van der Waals surface area contributed by atoms with E-state index in [9.17, 15) is 4.79 Å². The van der Waals surface area contributed by atoms with Gasteiger partial charge in [-0.3, -0.25) is 4.79 Å². The van der Waals surface area contributed by atoms with Crippen LogP contribution in [0.25, 0.3) is 10.8 Å². The lowest BCUT2D eigenvalue weighted by Crippen LogP contribution is -2.38. The molecule has 1 aliphatic heterocycles. The van der Waals surface area contributed by atoms with E-state index in [1.54, 1.807) is 0 Å². The maximum atomic E-state index is 12.3. The number of amides is 1. The van der Waals surface area contributed by atoms with Gasteiger partial charge in [-0.25, -0.2) is 0 Å². The van der Waals surface area contributed by atoms with Crippen molar-refractivity contribution < 1.29 is 4.79 Å². The van der Waals surface area contributed by atoms with Crippen LogP contribution in [0.15, 0.2) is 42.5 Å². The highest BCUT2D eigenvalue weighted by Gasteiger charge is 2.19. The van der Waals surface area contributed by atoms with Crippen molar-refractivity contribution in [1.29, 1.82) is 0 Å². The molecule has 3 rings (SSSR count). The SMILES string of the molecule is NC(CN1CCCCCCC1=O)c1cccc2ccccc12. The summed E-state index contributed by atoms with van der Waals surface area (Å²) >= 11 is 0. The Kier molecular flexibility index (Phi) is 4.74. The molecule has 0 radical (unpaired) electrons. The molecule has 0 aromatic heterocycles. The molecule has 116 valence electrons. The van der Waals surface area contributed by atoms with Crippen LogP contribution < -0.4 is 5.73 Å². The van der Waals surface area contributed by atoms with Crippen molar-refractivity contribution in [3.05, 3.63) is 48.0 Å². The summed E-state index contributed by atoms with van der Waals surface area (Å²) in [6, 6.07) is 14.4. The summed E-state index contributed by atoms with van der Waals surface area (Å²) in [6.45, 7) is 1.46. The van der Waals surface area contributed by atoms with Gasteiger partial charge in [-0.15, -0.1) is 0 Å². The molecule has 2 N–H and O–H groups in total. The predicted molar refractivity (Wildman–Crippen MR) is 90.5 cm³/mol. The van der Waals surface area contributed by atoms with E-state index < -0.39 is 0 Å². The summed E-state index contributed by atoms with van der Waals surface area (Å²) in [5.74, 6) is 0.260. The van der Waals surface area contributed by atoms with Crippen molar-refractivity contribution in [2.24, 2.45) is 5.73 Å². The first-order valence-corrected chi connectivity index (χ1v) is 8.27. The second-order valence-electron chi connectivity index (χ2n) is 6.18. The first-order chi connectivity index (χ1) is 10.8. The van der Waals surface area contributed by atoms with E-state index in [0.717, 1.165) is 24.9 Å². The molecule has 3 nitrogen and oxygen atoms in total. The van der Waals surface area contributed by atoms with Crippen LogP contribution in [-0.2, 0) is 4.79 Å². The quantitative estimate of drug-likeness (QED) is 0.940. The second-order valence-corrected chi connectivity index (χ2v) is 6.18. The fourth-order valence-electron chi connectivity index (χ4n) is 3.32. The van der Waals surface area contributed by atoms with Crippen LogP contribution >= 0.6 is 0 Å². The Hall–Kier alpha value is -1.87. The third kappa shape index (κ3) is 3.30. The zero-order valence-corrected chi connectivity index (χ0v) is 13.0. The molecule has 0 spiro atoms. The first kappa shape index (κ1) is 15.0. The minimum Gasteiger partial charge on any atom is -0.341 e. The molecule has 2 aromatic rings. The molecule has 0 aliphatic carbocycles. The van der Waals surface area contributed by atoms with Gasteiger partial charge in [0.1, 0.15) is 0 Å². The van der Waals surface area contributed by atoms with E-state index in [0.29, 0.717) is 13.0 Å². The zero-order chi connectivity index (χ0) is 15.4. The maximum absolute atomic E-state index is 12.3. The summed E-state index contributed by atoms with van der Waals surface area (Å²) in [7, 11) is 0. The van der Waals surface area contributed by atoms with Gasteiger partial charge in [-0.1, -0.05) is 55.3 Å². The van der Waals surface area contributed by atoms with Gasteiger partial charge >= 0.3 is 0 Å². The number of fused-ring (bicyclic) bond motifs is 1. The van der Waals surface area contributed by atoms with Crippen molar-refractivity contribution in [3.63, 3.8) is 0 Å². The van der Waals surface area contributed by atoms with Crippen molar-refractivity contribution in [1.82, 2.24) is 4.90 Å². The lowest BCUT2D eigenvalue weighted by molar-refractivity contribution is -0.132. The molecule has 0 bridgehead atoms. The summed E-state index contributed by atoms with van der Waals surface area (Å²) in [4.78, 5) is 14.2. The van der Waals surface area contributed by atoms with Gasteiger partial charge in [-0.2, -0.15) is 0 Å². The lowest BCUT2D eigenvalue weighted by Gasteiger charge is -2.28. The number of nitrogens with two attached hydrogens (primary N) is 1. The second kappa shape index (κ2) is 6.93. The zero-order valence-electron chi connectivity index (χ0n) is 13.0. The van der Waals surface area contributed by atoms with E-state index >= 15 is 0 Å². The Morgan fingerprint density at radius 3 is 2.68 bits per heavy atom. The van der Waals surface area contributed by atoms with Crippen molar-refractivity contribution in [3.8, 4) is 0 Å². The standard InChI is InChI=1S/C19H24N2O/c20-18(14-21-13-6-2-1-3-12-19(21)22)17-11-7-9-15-8-4-5-10-16(15)17/h4-5,7-11,18H,1-3,6,12-14,20H2. The fourth-order valence-corrected chi connectivity index (χ4v) is 3.32. The van der Waals surface area contributed by atoms with Crippen LogP contribution in [0.1, 0.15) is 43.7 Å². The van der Waals surface area contributed by atoms with Gasteiger partial charge in [-0.05, 0) is 29.2 Å². The molecule has 1 amide bonds. The average molecular weight is 296 g/mol. The van der Waals surface area contributed by atoms with Gasteiger partial charge < -0.3 is 10.6 Å². The Labute approximate surface area is 132 Å². The highest BCUT2D eigenvalue weighted by molar-refractivity contribution is 5.86. The monoisotopic (exact) mass is 296 g/mol. The van der Waals surface area contributed by atoms with Gasteiger partial charge in [0.15, 0.2) is 0 Å². The van der Waals surface area contributed by atoms with E-state index in [1.807, 2.05) is 23.1 Å². The number of carbonyl (C=O) groups is 1. The Morgan fingerprint density at radius 2 is 1.77 bits per heavy atom. The molecule has 1 saturated heterocycles. The summed E-state index contributed by atoms with van der Waals surface area (Å²) in [5, 5.41) is 2.39. The topological polar surface area (TPSA) is 46.3 Å². The minimum atomic E-state index is -0.130. The number of nitrogens with zero attached hydrogens (tertiary/aromatic N) is 1. The number of hydrogen-bond acceptors (Lipinski definition) is 2. The smallest absolute Gasteiger partial charge is 0.222 e. The van der Waals surface area contributed by atoms with Crippen LogP contribution in [-0.4, -0.2) is 23.9 Å². The van der Waals surface area contributed by atoms with Crippen LogP contribution in [0.5, 0.6) is 0 Å². The molecule has 2 aromatic carbocycles.